The smallest absolute Gasteiger partial charge is 0.338 e. The van der Waals surface area contributed by atoms with Gasteiger partial charge in [0.25, 0.3) is 0 Å². The molecule has 0 spiro atoms. The zero-order chi connectivity index (χ0) is 32.0. The number of fused-ring (bicyclic) bond motifs is 1. The highest BCUT2D eigenvalue weighted by Crippen LogP contribution is 2.29. The summed E-state index contributed by atoms with van der Waals surface area (Å²) in [5.74, 6) is -4.05. The Morgan fingerprint density at radius 2 is 1.66 bits per heavy atom. The molecule has 0 aliphatic rings. The molecule has 0 unspecified atom stereocenters. The standard InChI is InChI=1S/C31H25F4N3O4.C2H6/c1-17-6-7-18(22(32)12-17)16-42-28-5-3-4-25(37-28)21-15-23(33)19(13-24(21)34)14-27-36-26-9-8-20(31(39)40)29(35)30(26)38(27)10-11-41-2;1-2/h3-9,12-13,15H,10-11,14,16H2,1-2H3,(H,39,40);1-2H3. The van der Waals surface area contributed by atoms with Gasteiger partial charge in [0.2, 0.25) is 5.88 Å². The summed E-state index contributed by atoms with van der Waals surface area (Å²) in [6, 6.07) is 13.8. The number of imidazole rings is 1. The lowest BCUT2D eigenvalue weighted by Gasteiger charge is -2.12. The minimum Gasteiger partial charge on any atom is -0.478 e. The first-order valence-corrected chi connectivity index (χ1v) is 13.9. The Hall–Kier alpha value is -4.77. The van der Waals surface area contributed by atoms with E-state index in [-0.39, 0.29) is 65.7 Å². The maximum Gasteiger partial charge on any atom is 0.338 e. The summed E-state index contributed by atoms with van der Waals surface area (Å²) in [5, 5.41) is 9.33. The molecule has 2 aromatic heterocycles. The summed E-state index contributed by atoms with van der Waals surface area (Å²) >= 11 is 0. The number of rotatable bonds is 10. The van der Waals surface area contributed by atoms with Crippen LogP contribution in [0.15, 0.2) is 60.7 Å². The quantitative estimate of drug-likeness (QED) is 0.165. The second-order valence-electron chi connectivity index (χ2n) is 9.62. The van der Waals surface area contributed by atoms with E-state index in [1.165, 1.54) is 35.9 Å². The number of hydrogen-bond acceptors (Lipinski definition) is 5. The van der Waals surface area contributed by atoms with Crippen molar-refractivity contribution in [3.8, 4) is 17.1 Å². The number of pyridine rings is 1. The molecule has 0 aliphatic carbocycles. The van der Waals surface area contributed by atoms with Crippen molar-refractivity contribution < 1.29 is 36.9 Å². The van der Waals surface area contributed by atoms with Gasteiger partial charge in [-0.3, -0.25) is 0 Å². The lowest BCUT2D eigenvalue weighted by Crippen LogP contribution is -2.11. The molecule has 0 radical (unpaired) electrons. The minimum absolute atomic E-state index is 0.0497. The van der Waals surface area contributed by atoms with Crippen molar-refractivity contribution in [2.75, 3.05) is 13.7 Å². The molecule has 0 atom stereocenters. The second kappa shape index (κ2) is 14.1. The Labute approximate surface area is 251 Å². The van der Waals surface area contributed by atoms with E-state index in [1.807, 2.05) is 13.8 Å². The van der Waals surface area contributed by atoms with Crippen molar-refractivity contribution in [1.29, 1.82) is 0 Å². The first-order chi connectivity index (χ1) is 21.2. The number of nitrogens with zero attached hydrogens (tertiary/aromatic N) is 3. The fraction of sp³-hybridized carbons (Fsp3) is 0.242. The number of carbonyl (C=O) groups is 1. The molecule has 11 heteroatoms. The van der Waals surface area contributed by atoms with Gasteiger partial charge in [0.05, 0.1) is 23.4 Å². The Morgan fingerprint density at radius 3 is 2.36 bits per heavy atom. The number of hydrogen-bond donors (Lipinski definition) is 1. The van der Waals surface area contributed by atoms with Gasteiger partial charge in [-0.1, -0.05) is 32.0 Å². The van der Waals surface area contributed by atoms with Crippen LogP contribution < -0.4 is 4.74 Å². The number of carboxylic acids is 1. The molecule has 0 amide bonds. The van der Waals surface area contributed by atoms with Crippen LogP contribution in [0.3, 0.4) is 0 Å². The molecule has 230 valence electrons. The summed E-state index contributed by atoms with van der Waals surface area (Å²) < 4.78 is 72.1. The average molecular weight is 610 g/mol. The molecule has 0 aliphatic heterocycles. The van der Waals surface area contributed by atoms with E-state index in [4.69, 9.17) is 9.47 Å². The monoisotopic (exact) mass is 609 g/mol. The van der Waals surface area contributed by atoms with Crippen molar-refractivity contribution in [1.82, 2.24) is 14.5 Å². The Kier molecular flexibility index (Phi) is 10.3. The Morgan fingerprint density at radius 1 is 0.909 bits per heavy atom. The van der Waals surface area contributed by atoms with Crippen LogP contribution >= 0.6 is 0 Å². The van der Waals surface area contributed by atoms with E-state index in [2.05, 4.69) is 9.97 Å². The van der Waals surface area contributed by atoms with Crippen LogP contribution in [-0.2, 0) is 24.3 Å². The lowest BCUT2D eigenvalue weighted by molar-refractivity contribution is 0.0692. The SMILES string of the molecule is CC.COCCn1c(Cc2cc(F)c(-c3cccc(OCc4ccc(C)cc4F)n3)cc2F)nc2ccc(C(=O)O)c(F)c21. The van der Waals surface area contributed by atoms with E-state index in [1.54, 1.807) is 25.1 Å². The van der Waals surface area contributed by atoms with E-state index < -0.39 is 34.8 Å². The molecule has 1 N–H and O–H groups in total. The predicted octanol–water partition coefficient (Wildman–Crippen LogP) is 7.50. The van der Waals surface area contributed by atoms with Crippen molar-refractivity contribution in [3.05, 3.63) is 112 Å². The van der Waals surface area contributed by atoms with Crippen molar-refractivity contribution in [2.45, 2.75) is 40.3 Å². The maximum atomic E-state index is 15.4. The van der Waals surface area contributed by atoms with Crippen molar-refractivity contribution >= 4 is 17.0 Å². The number of carboxylic acid groups (broad SMARTS) is 1. The normalized spacial score (nSPS) is 10.9. The number of benzene rings is 3. The first kappa shape index (κ1) is 32.2. The number of halogens is 4. The van der Waals surface area contributed by atoms with Crippen molar-refractivity contribution in [3.63, 3.8) is 0 Å². The summed E-state index contributed by atoms with van der Waals surface area (Å²) in [5.41, 5.74) is 0.611. The Bertz CT molecular complexity index is 1810. The van der Waals surface area contributed by atoms with E-state index in [0.717, 1.165) is 23.8 Å². The van der Waals surface area contributed by atoms with E-state index in [9.17, 15) is 14.3 Å². The van der Waals surface area contributed by atoms with Gasteiger partial charge in [-0.25, -0.2) is 32.3 Å². The van der Waals surface area contributed by atoms with Crippen LogP contribution in [0, 0.1) is 30.2 Å². The number of aromatic nitrogens is 3. The second-order valence-corrected chi connectivity index (χ2v) is 9.62. The molecule has 2 heterocycles. The van der Waals surface area contributed by atoms with Gasteiger partial charge in [0.15, 0.2) is 5.82 Å². The third kappa shape index (κ3) is 6.89. The number of aryl methyl sites for hydroxylation is 1. The number of aromatic carboxylic acids is 1. The van der Waals surface area contributed by atoms with Gasteiger partial charge < -0.3 is 19.1 Å². The zero-order valence-corrected chi connectivity index (χ0v) is 24.6. The van der Waals surface area contributed by atoms with Crippen LogP contribution in [0.4, 0.5) is 17.6 Å². The molecule has 5 aromatic rings. The molecule has 3 aromatic carbocycles. The predicted molar refractivity (Wildman–Crippen MR) is 158 cm³/mol. The fourth-order valence-corrected chi connectivity index (χ4v) is 4.61. The Balaban J connectivity index is 0.00000216. The van der Waals surface area contributed by atoms with Gasteiger partial charge in [0, 0.05) is 37.3 Å². The molecular formula is C33H31F4N3O4. The van der Waals surface area contributed by atoms with Crippen LogP contribution in [0.2, 0.25) is 0 Å². The van der Waals surface area contributed by atoms with Crippen LogP contribution in [0.5, 0.6) is 5.88 Å². The van der Waals surface area contributed by atoms with E-state index in [0.29, 0.717) is 5.56 Å². The molecule has 0 fully saturated rings. The van der Waals surface area contributed by atoms with Crippen molar-refractivity contribution in [2.24, 2.45) is 0 Å². The topological polar surface area (TPSA) is 86.5 Å². The van der Waals surface area contributed by atoms with Gasteiger partial charge >= 0.3 is 5.97 Å². The molecule has 44 heavy (non-hydrogen) atoms. The first-order valence-electron chi connectivity index (χ1n) is 13.9. The third-order valence-corrected chi connectivity index (χ3v) is 6.74. The highest BCUT2D eigenvalue weighted by molar-refractivity contribution is 5.93. The van der Waals surface area contributed by atoms with Gasteiger partial charge in [-0.15, -0.1) is 0 Å². The highest BCUT2D eigenvalue weighted by Gasteiger charge is 2.22. The summed E-state index contributed by atoms with van der Waals surface area (Å²) in [6.07, 6.45) is -0.206. The number of ether oxygens (including phenoxy) is 2. The zero-order valence-electron chi connectivity index (χ0n) is 24.6. The molecular weight excluding hydrogens is 578 g/mol. The molecule has 7 nitrogen and oxygen atoms in total. The van der Waals surface area contributed by atoms with Crippen LogP contribution in [0.25, 0.3) is 22.3 Å². The van der Waals surface area contributed by atoms with Crippen LogP contribution in [-0.4, -0.2) is 39.3 Å². The largest absolute Gasteiger partial charge is 0.478 e. The maximum absolute atomic E-state index is 15.4. The molecule has 0 saturated carbocycles. The summed E-state index contributed by atoms with van der Waals surface area (Å²) in [7, 11) is 1.44. The number of methoxy groups -OCH3 is 1. The highest BCUT2D eigenvalue weighted by atomic mass is 19.1. The van der Waals surface area contributed by atoms with Gasteiger partial charge in [0.1, 0.15) is 35.4 Å². The minimum atomic E-state index is -1.44. The van der Waals surface area contributed by atoms with Gasteiger partial charge in [-0.2, -0.15) is 0 Å². The third-order valence-electron chi connectivity index (χ3n) is 6.74. The fourth-order valence-electron chi connectivity index (χ4n) is 4.61. The van der Waals surface area contributed by atoms with Crippen LogP contribution in [0.1, 0.15) is 46.7 Å². The van der Waals surface area contributed by atoms with E-state index >= 15 is 13.2 Å². The summed E-state index contributed by atoms with van der Waals surface area (Å²) in [4.78, 5) is 20.1. The molecule has 5 rings (SSSR count). The lowest BCUT2D eigenvalue weighted by atomic mass is 10.0. The molecule has 0 bridgehead atoms. The molecule has 0 saturated heterocycles. The average Bonchev–Trinajstić information content (AvgIpc) is 3.36. The van der Waals surface area contributed by atoms with Gasteiger partial charge in [-0.05, 0) is 54.4 Å². The summed E-state index contributed by atoms with van der Waals surface area (Å²) in [6.45, 7) is 5.92.